The van der Waals surface area contributed by atoms with Crippen molar-refractivity contribution in [2.75, 3.05) is 39.8 Å². The van der Waals surface area contributed by atoms with Gasteiger partial charge in [-0.25, -0.2) is 4.99 Å². The number of hydrogen-bond donors (Lipinski definition) is 2. The molecular weight excluding hydrogens is 396 g/mol. The molecule has 1 aliphatic rings. The first-order chi connectivity index (χ1) is 12.6. The number of carbonyl (C=O) groups excluding carboxylic acids is 1. The van der Waals surface area contributed by atoms with Crippen molar-refractivity contribution in [3.05, 3.63) is 28.7 Å². The van der Waals surface area contributed by atoms with Gasteiger partial charge in [-0.05, 0) is 49.9 Å². The number of likely N-dealkylation sites (tertiary alicyclic amines) is 1. The smallest absolute Gasteiger partial charge is 0.220 e. The van der Waals surface area contributed by atoms with E-state index < -0.39 is 0 Å². The fourth-order valence-electron chi connectivity index (χ4n) is 2.98. The van der Waals surface area contributed by atoms with Crippen LogP contribution in [0.3, 0.4) is 0 Å². The second kappa shape index (κ2) is 11.1. The molecule has 0 radical (unpaired) electrons. The second-order valence-corrected chi connectivity index (χ2v) is 7.26. The van der Waals surface area contributed by atoms with Crippen LogP contribution < -0.4 is 15.4 Å². The molecule has 1 amide bonds. The summed E-state index contributed by atoms with van der Waals surface area (Å²) in [5.41, 5.74) is 0. The van der Waals surface area contributed by atoms with Crippen LogP contribution in [-0.2, 0) is 4.79 Å². The maximum Gasteiger partial charge on any atom is 0.220 e. The van der Waals surface area contributed by atoms with Crippen molar-refractivity contribution in [1.29, 1.82) is 0 Å². The molecule has 0 saturated carbocycles. The van der Waals surface area contributed by atoms with E-state index in [4.69, 9.17) is 4.74 Å². The number of ether oxygens (including phenoxy) is 1. The third-order valence-corrected chi connectivity index (χ3v) is 4.97. The molecule has 1 fully saturated rings. The molecule has 0 unspecified atom stereocenters. The Labute approximate surface area is 164 Å². The van der Waals surface area contributed by atoms with Crippen LogP contribution in [-0.4, -0.2) is 56.6 Å². The topological polar surface area (TPSA) is 66.0 Å². The summed E-state index contributed by atoms with van der Waals surface area (Å²) in [7, 11) is 1.70. The van der Waals surface area contributed by atoms with Crippen LogP contribution in [0.15, 0.2) is 33.7 Å². The van der Waals surface area contributed by atoms with Gasteiger partial charge in [0, 0.05) is 37.6 Å². The van der Waals surface area contributed by atoms with Crippen LogP contribution in [0, 0.1) is 5.92 Å². The number of nitrogens with one attached hydrogen (secondary N) is 2. The molecule has 2 N–H and O–H groups in total. The first-order valence-electron chi connectivity index (χ1n) is 9.24. The molecule has 1 aliphatic heterocycles. The van der Waals surface area contributed by atoms with Gasteiger partial charge < -0.3 is 20.3 Å². The summed E-state index contributed by atoms with van der Waals surface area (Å²) in [4.78, 5) is 18.5. The number of aliphatic imine (C=N–C) groups is 1. The Morgan fingerprint density at radius 3 is 2.62 bits per heavy atom. The van der Waals surface area contributed by atoms with Crippen molar-refractivity contribution in [1.82, 2.24) is 15.5 Å². The first-order valence-corrected chi connectivity index (χ1v) is 10.0. The number of rotatable bonds is 7. The maximum atomic E-state index is 11.5. The number of piperidine rings is 1. The predicted molar refractivity (Wildman–Crippen MR) is 109 cm³/mol. The van der Waals surface area contributed by atoms with Crippen LogP contribution in [0.5, 0.6) is 5.75 Å². The molecule has 144 valence electrons. The normalized spacial score (nSPS) is 15.7. The fraction of sp³-hybridized carbons (Fsp3) is 0.579. The van der Waals surface area contributed by atoms with Crippen molar-refractivity contribution < 1.29 is 9.53 Å². The highest BCUT2D eigenvalue weighted by molar-refractivity contribution is 9.10. The molecule has 7 heteroatoms. The summed E-state index contributed by atoms with van der Waals surface area (Å²) in [6.45, 7) is 5.93. The highest BCUT2D eigenvalue weighted by Gasteiger charge is 2.22. The van der Waals surface area contributed by atoms with E-state index in [1.54, 1.807) is 7.05 Å². The highest BCUT2D eigenvalue weighted by atomic mass is 79.9. The van der Waals surface area contributed by atoms with Gasteiger partial charge >= 0.3 is 0 Å². The number of nitrogens with zero attached hydrogens (tertiary/aromatic N) is 2. The summed E-state index contributed by atoms with van der Waals surface area (Å²) in [5.74, 6) is 2.39. The molecule has 0 spiro atoms. The number of carbonyl (C=O) groups is 1. The molecule has 6 nitrogen and oxygen atoms in total. The van der Waals surface area contributed by atoms with E-state index in [0.29, 0.717) is 25.5 Å². The molecule has 0 aliphatic carbocycles. The van der Waals surface area contributed by atoms with Crippen molar-refractivity contribution in [2.45, 2.75) is 26.2 Å². The Morgan fingerprint density at radius 1 is 1.31 bits per heavy atom. The minimum absolute atomic E-state index is 0.133. The Bertz CT molecular complexity index is 584. The van der Waals surface area contributed by atoms with Gasteiger partial charge in [0.2, 0.25) is 5.91 Å². The molecule has 0 aromatic heterocycles. The van der Waals surface area contributed by atoms with Crippen LogP contribution in [0.2, 0.25) is 0 Å². The summed E-state index contributed by atoms with van der Waals surface area (Å²) in [6, 6.07) is 7.81. The number of hydrogen-bond acceptors (Lipinski definition) is 3. The van der Waals surface area contributed by atoms with Crippen molar-refractivity contribution in [2.24, 2.45) is 10.9 Å². The van der Waals surface area contributed by atoms with E-state index in [0.717, 1.165) is 48.7 Å². The number of guanidine groups is 1. The standard InChI is InChI=1S/C19H29BrN4O2/c1-3-22-19(23-10-13-26-17-6-4-16(20)5-7-17)24-11-8-15(9-12-24)14-18(25)21-2/h4-7,15H,3,8-14H2,1-2H3,(H,21,25)(H,22,23). The Kier molecular flexibility index (Phi) is 8.74. The van der Waals surface area contributed by atoms with Gasteiger partial charge in [-0.1, -0.05) is 15.9 Å². The number of benzene rings is 1. The van der Waals surface area contributed by atoms with Gasteiger partial charge in [0.15, 0.2) is 5.96 Å². The largest absolute Gasteiger partial charge is 0.492 e. The Hall–Kier alpha value is -1.76. The third kappa shape index (κ3) is 6.86. The summed E-state index contributed by atoms with van der Waals surface area (Å²) < 4.78 is 6.77. The molecule has 1 aromatic rings. The van der Waals surface area contributed by atoms with Gasteiger partial charge in [0.05, 0.1) is 6.54 Å². The lowest BCUT2D eigenvalue weighted by molar-refractivity contribution is -0.121. The Balaban J connectivity index is 1.79. The monoisotopic (exact) mass is 424 g/mol. The zero-order chi connectivity index (χ0) is 18.8. The van der Waals surface area contributed by atoms with E-state index in [1.165, 1.54) is 0 Å². The highest BCUT2D eigenvalue weighted by Crippen LogP contribution is 2.20. The summed E-state index contributed by atoms with van der Waals surface area (Å²) >= 11 is 3.42. The second-order valence-electron chi connectivity index (χ2n) is 6.35. The maximum absolute atomic E-state index is 11.5. The van der Waals surface area contributed by atoms with Gasteiger partial charge in [-0.2, -0.15) is 0 Å². The van der Waals surface area contributed by atoms with Crippen molar-refractivity contribution >= 4 is 27.8 Å². The minimum atomic E-state index is 0.133. The summed E-state index contributed by atoms with van der Waals surface area (Å²) in [6.07, 6.45) is 2.67. The molecular formula is C19H29BrN4O2. The summed E-state index contributed by atoms with van der Waals surface area (Å²) in [5, 5.41) is 6.07. The van der Waals surface area contributed by atoms with E-state index in [9.17, 15) is 4.79 Å². The average Bonchev–Trinajstić information content (AvgIpc) is 2.66. The van der Waals surface area contributed by atoms with Crippen molar-refractivity contribution in [3.8, 4) is 5.75 Å². The van der Waals surface area contributed by atoms with E-state index in [2.05, 4.69) is 43.4 Å². The van der Waals surface area contributed by atoms with Crippen LogP contribution in [0.1, 0.15) is 26.2 Å². The predicted octanol–water partition coefficient (Wildman–Crippen LogP) is 2.64. The number of halogens is 1. The quantitative estimate of drug-likeness (QED) is 0.401. The average molecular weight is 425 g/mol. The van der Waals surface area contributed by atoms with Gasteiger partial charge in [0.25, 0.3) is 0 Å². The first kappa shape index (κ1) is 20.6. The minimum Gasteiger partial charge on any atom is -0.492 e. The molecule has 26 heavy (non-hydrogen) atoms. The lowest BCUT2D eigenvalue weighted by Gasteiger charge is -2.34. The van der Waals surface area contributed by atoms with Crippen LogP contribution in [0.4, 0.5) is 0 Å². The lowest BCUT2D eigenvalue weighted by Crippen LogP contribution is -2.46. The van der Waals surface area contributed by atoms with Gasteiger partial charge in [0.1, 0.15) is 12.4 Å². The molecule has 0 bridgehead atoms. The molecule has 1 saturated heterocycles. The SMILES string of the molecule is CCNC(=NCCOc1ccc(Br)cc1)N1CCC(CC(=O)NC)CC1. The van der Waals surface area contributed by atoms with Crippen LogP contribution in [0.25, 0.3) is 0 Å². The zero-order valence-corrected chi connectivity index (χ0v) is 17.2. The zero-order valence-electron chi connectivity index (χ0n) is 15.6. The van der Waals surface area contributed by atoms with Gasteiger partial charge in [-0.15, -0.1) is 0 Å². The molecule has 0 atom stereocenters. The van der Waals surface area contributed by atoms with E-state index in [1.807, 2.05) is 24.3 Å². The number of amides is 1. The lowest BCUT2D eigenvalue weighted by atomic mass is 9.93. The van der Waals surface area contributed by atoms with E-state index >= 15 is 0 Å². The molecule has 1 aromatic carbocycles. The third-order valence-electron chi connectivity index (χ3n) is 4.44. The fourth-order valence-corrected chi connectivity index (χ4v) is 3.25. The molecule has 2 rings (SSSR count). The molecule has 1 heterocycles. The van der Waals surface area contributed by atoms with Crippen LogP contribution >= 0.6 is 15.9 Å². The van der Waals surface area contributed by atoms with E-state index in [-0.39, 0.29) is 5.91 Å². The Morgan fingerprint density at radius 2 is 2.00 bits per heavy atom. The van der Waals surface area contributed by atoms with Gasteiger partial charge in [-0.3, -0.25) is 4.79 Å². The van der Waals surface area contributed by atoms with Crippen molar-refractivity contribution in [3.63, 3.8) is 0 Å².